The van der Waals surface area contributed by atoms with Gasteiger partial charge in [0.05, 0.1) is 6.54 Å². The van der Waals surface area contributed by atoms with E-state index in [1.807, 2.05) is 24.3 Å². The first-order valence-electron chi connectivity index (χ1n) is 6.37. The molecule has 1 aromatic carbocycles. The van der Waals surface area contributed by atoms with Crippen LogP contribution in [0.25, 0.3) is 11.1 Å². The Hall–Kier alpha value is -1.48. The van der Waals surface area contributed by atoms with Crippen molar-refractivity contribution in [2.24, 2.45) is 5.14 Å². The lowest BCUT2D eigenvalue weighted by atomic mass is 10.3. The number of nitrogens with two attached hydrogens (primary N) is 1. The van der Waals surface area contributed by atoms with Crippen LogP contribution in [-0.2, 0) is 16.8 Å². The Morgan fingerprint density at radius 1 is 1.20 bits per heavy atom. The number of hydrogen-bond donors (Lipinski definition) is 1. The van der Waals surface area contributed by atoms with Gasteiger partial charge in [-0.2, -0.15) is 12.7 Å². The van der Waals surface area contributed by atoms with E-state index in [-0.39, 0.29) is 0 Å². The Morgan fingerprint density at radius 2 is 1.90 bits per heavy atom. The van der Waals surface area contributed by atoms with Crippen molar-refractivity contribution >= 4 is 21.3 Å². The summed E-state index contributed by atoms with van der Waals surface area (Å²) in [6.45, 7) is 2.62. The Labute approximate surface area is 117 Å². The van der Waals surface area contributed by atoms with Gasteiger partial charge in [0.15, 0.2) is 5.58 Å². The molecule has 1 aliphatic rings. The Kier molecular flexibility index (Phi) is 3.47. The average molecular weight is 296 g/mol. The summed E-state index contributed by atoms with van der Waals surface area (Å²) in [4.78, 5) is 6.51. The van der Waals surface area contributed by atoms with E-state index in [4.69, 9.17) is 9.56 Å². The zero-order valence-corrected chi connectivity index (χ0v) is 11.7. The van der Waals surface area contributed by atoms with Gasteiger partial charge in [0.1, 0.15) is 5.52 Å². The summed E-state index contributed by atoms with van der Waals surface area (Å²) in [6.07, 6.45) is 0. The molecule has 1 aliphatic heterocycles. The number of benzene rings is 1. The van der Waals surface area contributed by atoms with Crippen LogP contribution in [-0.4, -0.2) is 48.8 Å². The maximum Gasteiger partial charge on any atom is 0.276 e. The topological polar surface area (TPSA) is 92.7 Å². The minimum Gasteiger partial charge on any atom is -0.439 e. The Morgan fingerprint density at radius 3 is 2.55 bits per heavy atom. The molecule has 20 heavy (non-hydrogen) atoms. The third kappa shape index (κ3) is 2.83. The van der Waals surface area contributed by atoms with Crippen LogP contribution in [0.15, 0.2) is 28.7 Å². The molecule has 0 aliphatic carbocycles. The van der Waals surface area contributed by atoms with Gasteiger partial charge in [0, 0.05) is 26.2 Å². The largest absolute Gasteiger partial charge is 0.439 e. The van der Waals surface area contributed by atoms with E-state index >= 15 is 0 Å². The predicted octanol–water partition coefficient (Wildman–Crippen LogP) is 0.149. The third-order valence-corrected chi connectivity index (χ3v) is 4.47. The lowest BCUT2D eigenvalue weighted by Crippen LogP contribution is -2.50. The maximum atomic E-state index is 11.2. The standard InChI is InChI=1S/C12H16N4O3S/c13-20(17,18)16-7-5-15(6-8-16)9-12-14-10-3-1-2-4-11(10)19-12/h1-4H,5-9H2,(H2,13,17,18). The summed E-state index contributed by atoms with van der Waals surface area (Å²) in [7, 11) is -3.58. The van der Waals surface area contributed by atoms with Crippen molar-refractivity contribution in [1.82, 2.24) is 14.2 Å². The lowest BCUT2D eigenvalue weighted by Gasteiger charge is -2.31. The summed E-state index contributed by atoms with van der Waals surface area (Å²) >= 11 is 0. The molecule has 1 fully saturated rings. The van der Waals surface area contributed by atoms with Crippen LogP contribution < -0.4 is 5.14 Å². The quantitative estimate of drug-likeness (QED) is 0.870. The molecule has 2 N–H and O–H groups in total. The van der Waals surface area contributed by atoms with Crippen molar-refractivity contribution in [2.75, 3.05) is 26.2 Å². The first-order valence-corrected chi connectivity index (χ1v) is 7.87. The third-order valence-electron chi connectivity index (χ3n) is 3.39. The molecule has 7 nitrogen and oxygen atoms in total. The zero-order valence-electron chi connectivity index (χ0n) is 10.9. The van der Waals surface area contributed by atoms with Gasteiger partial charge in [0.25, 0.3) is 10.2 Å². The van der Waals surface area contributed by atoms with Crippen molar-refractivity contribution in [1.29, 1.82) is 0 Å². The van der Waals surface area contributed by atoms with Crippen molar-refractivity contribution in [3.8, 4) is 0 Å². The van der Waals surface area contributed by atoms with Gasteiger partial charge >= 0.3 is 0 Å². The minimum atomic E-state index is -3.58. The number of fused-ring (bicyclic) bond motifs is 1. The Balaban J connectivity index is 1.65. The second-order valence-electron chi connectivity index (χ2n) is 4.80. The van der Waals surface area contributed by atoms with Crippen molar-refractivity contribution in [3.05, 3.63) is 30.2 Å². The van der Waals surface area contributed by atoms with Gasteiger partial charge in [-0.3, -0.25) is 4.90 Å². The van der Waals surface area contributed by atoms with Crippen LogP contribution in [0.1, 0.15) is 5.89 Å². The van der Waals surface area contributed by atoms with Gasteiger partial charge < -0.3 is 4.42 Å². The molecule has 0 saturated carbocycles. The van der Waals surface area contributed by atoms with Gasteiger partial charge in [-0.25, -0.2) is 10.1 Å². The molecule has 0 spiro atoms. The normalized spacial score (nSPS) is 18.6. The first-order chi connectivity index (χ1) is 9.52. The maximum absolute atomic E-state index is 11.2. The van der Waals surface area contributed by atoms with Crippen LogP contribution in [0.2, 0.25) is 0 Å². The minimum absolute atomic E-state index is 0.402. The Bertz CT molecular complexity index is 671. The molecule has 0 unspecified atom stereocenters. The van der Waals surface area contributed by atoms with Gasteiger partial charge in [-0.15, -0.1) is 0 Å². The fraction of sp³-hybridized carbons (Fsp3) is 0.417. The van der Waals surface area contributed by atoms with Crippen LogP contribution in [0.5, 0.6) is 0 Å². The van der Waals surface area contributed by atoms with E-state index in [0.717, 1.165) is 11.1 Å². The zero-order chi connectivity index (χ0) is 14.2. The highest BCUT2D eigenvalue weighted by molar-refractivity contribution is 7.86. The molecule has 8 heteroatoms. The fourth-order valence-corrected chi connectivity index (χ4v) is 2.99. The molecule has 0 bridgehead atoms. The molecule has 1 saturated heterocycles. The van der Waals surface area contributed by atoms with E-state index in [1.165, 1.54) is 4.31 Å². The summed E-state index contributed by atoms with van der Waals surface area (Å²) in [5, 5.41) is 5.11. The summed E-state index contributed by atoms with van der Waals surface area (Å²) < 4.78 is 29.4. The number of hydrogen-bond acceptors (Lipinski definition) is 5. The molecule has 0 amide bonds. The van der Waals surface area contributed by atoms with E-state index in [1.54, 1.807) is 0 Å². The number of aromatic nitrogens is 1. The number of rotatable bonds is 3. The summed E-state index contributed by atoms with van der Waals surface area (Å²) in [6, 6.07) is 7.60. The van der Waals surface area contributed by atoms with Crippen molar-refractivity contribution in [2.45, 2.75) is 6.54 Å². The van der Waals surface area contributed by atoms with E-state index in [9.17, 15) is 8.42 Å². The number of piperazine rings is 1. The summed E-state index contributed by atoms with van der Waals surface area (Å²) in [5.74, 6) is 0.648. The van der Waals surface area contributed by atoms with E-state index in [0.29, 0.717) is 38.6 Å². The van der Waals surface area contributed by atoms with Crippen LogP contribution in [0, 0.1) is 0 Å². The second kappa shape index (κ2) is 5.13. The molecule has 0 radical (unpaired) electrons. The molecule has 1 aromatic heterocycles. The van der Waals surface area contributed by atoms with Crippen LogP contribution >= 0.6 is 0 Å². The molecule has 2 heterocycles. The molecule has 108 valence electrons. The SMILES string of the molecule is NS(=O)(=O)N1CCN(Cc2nc3ccccc3o2)CC1. The molecule has 0 atom stereocenters. The number of para-hydroxylation sites is 2. The first kappa shape index (κ1) is 13.5. The van der Waals surface area contributed by atoms with Crippen LogP contribution in [0.4, 0.5) is 0 Å². The van der Waals surface area contributed by atoms with Gasteiger partial charge in [-0.05, 0) is 12.1 Å². The molecular formula is C12H16N4O3S. The fourth-order valence-electron chi connectivity index (χ4n) is 2.32. The van der Waals surface area contributed by atoms with E-state index in [2.05, 4.69) is 9.88 Å². The highest BCUT2D eigenvalue weighted by atomic mass is 32.2. The average Bonchev–Trinajstić information content (AvgIpc) is 2.80. The molecular weight excluding hydrogens is 280 g/mol. The highest BCUT2D eigenvalue weighted by Crippen LogP contribution is 2.16. The number of oxazole rings is 1. The smallest absolute Gasteiger partial charge is 0.276 e. The monoisotopic (exact) mass is 296 g/mol. The highest BCUT2D eigenvalue weighted by Gasteiger charge is 2.24. The molecule has 2 aromatic rings. The predicted molar refractivity (Wildman–Crippen MR) is 74.0 cm³/mol. The summed E-state index contributed by atoms with van der Waals surface area (Å²) in [5.41, 5.74) is 1.61. The van der Waals surface area contributed by atoms with Crippen molar-refractivity contribution in [3.63, 3.8) is 0 Å². The second-order valence-corrected chi connectivity index (χ2v) is 6.34. The van der Waals surface area contributed by atoms with Crippen molar-refractivity contribution < 1.29 is 12.8 Å². The number of nitrogens with zero attached hydrogens (tertiary/aromatic N) is 3. The van der Waals surface area contributed by atoms with Crippen LogP contribution in [0.3, 0.4) is 0 Å². The van der Waals surface area contributed by atoms with Gasteiger partial charge in [-0.1, -0.05) is 12.1 Å². The molecule has 3 rings (SSSR count). The lowest BCUT2D eigenvalue weighted by molar-refractivity contribution is 0.169. The van der Waals surface area contributed by atoms with Gasteiger partial charge in [0.2, 0.25) is 5.89 Å². The van der Waals surface area contributed by atoms with E-state index < -0.39 is 10.2 Å².